The second kappa shape index (κ2) is 5.26. The smallest absolute Gasteiger partial charge is 0.417 e. The Morgan fingerprint density at radius 2 is 2.00 bits per heavy atom. The number of halogens is 3. The highest BCUT2D eigenvalue weighted by Crippen LogP contribution is 2.37. The molecular weight excluding hydrogens is 297 g/mol. The van der Waals surface area contributed by atoms with E-state index in [0.717, 1.165) is 16.3 Å². The van der Waals surface area contributed by atoms with Gasteiger partial charge in [0.2, 0.25) is 0 Å². The number of hydrogen-bond acceptors (Lipinski definition) is 3. The van der Waals surface area contributed by atoms with Gasteiger partial charge in [0.25, 0.3) is 0 Å². The third-order valence-electron chi connectivity index (χ3n) is 2.24. The summed E-state index contributed by atoms with van der Waals surface area (Å²) < 4.78 is 39.2. The standard InChI is InChI=1S/C12H7F3O2S2/c13-12(14,15)9-6-7(3-4-8(9)11(16)17)19-10-2-1-5-18-10/h1-6H,(H,16,17). The molecule has 0 aliphatic rings. The predicted molar refractivity (Wildman–Crippen MR) is 66.8 cm³/mol. The topological polar surface area (TPSA) is 37.3 Å². The lowest BCUT2D eigenvalue weighted by atomic mass is 10.1. The minimum Gasteiger partial charge on any atom is -0.478 e. The molecule has 0 saturated carbocycles. The van der Waals surface area contributed by atoms with E-state index >= 15 is 0 Å². The largest absolute Gasteiger partial charge is 0.478 e. The van der Waals surface area contributed by atoms with Gasteiger partial charge in [-0.1, -0.05) is 17.8 Å². The highest BCUT2D eigenvalue weighted by molar-refractivity contribution is 8.01. The van der Waals surface area contributed by atoms with Crippen molar-refractivity contribution in [3.05, 3.63) is 46.8 Å². The molecule has 1 N–H and O–H groups in total. The van der Waals surface area contributed by atoms with E-state index in [0.29, 0.717) is 4.90 Å². The fourth-order valence-electron chi connectivity index (χ4n) is 1.45. The molecule has 19 heavy (non-hydrogen) atoms. The molecule has 100 valence electrons. The molecule has 1 heterocycles. The molecule has 0 unspecified atom stereocenters. The van der Waals surface area contributed by atoms with E-state index in [4.69, 9.17) is 5.11 Å². The Kier molecular flexibility index (Phi) is 3.86. The first-order chi connectivity index (χ1) is 8.88. The van der Waals surface area contributed by atoms with Gasteiger partial charge < -0.3 is 5.11 Å². The Balaban J connectivity index is 2.41. The van der Waals surface area contributed by atoms with Crippen molar-refractivity contribution in [2.75, 3.05) is 0 Å². The zero-order chi connectivity index (χ0) is 14.0. The van der Waals surface area contributed by atoms with Gasteiger partial charge in [-0.15, -0.1) is 11.3 Å². The molecule has 2 rings (SSSR count). The summed E-state index contributed by atoms with van der Waals surface area (Å²) in [6.07, 6.45) is -4.68. The molecule has 0 spiro atoms. The van der Waals surface area contributed by atoms with Gasteiger partial charge in [0.15, 0.2) is 0 Å². The summed E-state index contributed by atoms with van der Waals surface area (Å²) >= 11 is 2.58. The first-order valence-electron chi connectivity index (χ1n) is 5.04. The monoisotopic (exact) mass is 304 g/mol. The van der Waals surface area contributed by atoms with Crippen LogP contribution < -0.4 is 0 Å². The van der Waals surface area contributed by atoms with Crippen LogP contribution in [0.3, 0.4) is 0 Å². The highest BCUT2D eigenvalue weighted by Gasteiger charge is 2.35. The van der Waals surface area contributed by atoms with Crippen LogP contribution in [0.2, 0.25) is 0 Å². The summed E-state index contributed by atoms with van der Waals surface area (Å²) in [4.78, 5) is 11.2. The van der Waals surface area contributed by atoms with E-state index in [1.54, 1.807) is 12.1 Å². The average Bonchev–Trinajstić information content (AvgIpc) is 2.80. The number of hydrogen-bond donors (Lipinski definition) is 1. The maximum Gasteiger partial charge on any atom is 0.417 e. The third-order valence-corrected chi connectivity index (χ3v) is 4.27. The van der Waals surface area contributed by atoms with E-state index in [2.05, 4.69) is 0 Å². The van der Waals surface area contributed by atoms with Gasteiger partial charge in [0.1, 0.15) is 0 Å². The number of benzene rings is 1. The van der Waals surface area contributed by atoms with Crippen LogP contribution >= 0.6 is 23.1 Å². The van der Waals surface area contributed by atoms with Gasteiger partial charge in [-0.25, -0.2) is 4.79 Å². The van der Waals surface area contributed by atoms with E-state index in [1.165, 1.54) is 29.2 Å². The number of rotatable bonds is 3. The van der Waals surface area contributed by atoms with E-state index in [1.807, 2.05) is 5.38 Å². The van der Waals surface area contributed by atoms with E-state index in [-0.39, 0.29) is 0 Å². The van der Waals surface area contributed by atoms with Crippen LogP contribution in [0.25, 0.3) is 0 Å². The Morgan fingerprint density at radius 3 is 2.53 bits per heavy atom. The van der Waals surface area contributed by atoms with Crippen molar-refractivity contribution in [3.63, 3.8) is 0 Å². The van der Waals surface area contributed by atoms with Crippen LogP contribution in [0.15, 0.2) is 44.8 Å². The van der Waals surface area contributed by atoms with Crippen molar-refractivity contribution in [2.24, 2.45) is 0 Å². The van der Waals surface area contributed by atoms with E-state index < -0.39 is 23.3 Å². The second-order valence-electron chi connectivity index (χ2n) is 3.54. The van der Waals surface area contributed by atoms with Crippen molar-refractivity contribution in [1.29, 1.82) is 0 Å². The fourth-order valence-corrected chi connectivity index (χ4v) is 3.23. The molecule has 0 bridgehead atoms. The third kappa shape index (κ3) is 3.30. The molecule has 0 fully saturated rings. The Bertz CT molecular complexity index is 592. The van der Waals surface area contributed by atoms with Crippen molar-refractivity contribution < 1.29 is 23.1 Å². The molecule has 1 aromatic carbocycles. The molecule has 0 aliphatic heterocycles. The van der Waals surface area contributed by atoms with Crippen LogP contribution in [-0.2, 0) is 6.18 Å². The Morgan fingerprint density at radius 1 is 1.26 bits per heavy atom. The first kappa shape index (κ1) is 14.0. The van der Waals surface area contributed by atoms with Gasteiger partial charge >= 0.3 is 12.1 Å². The zero-order valence-corrected chi connectivity index (χ0v) is 10.9. The zero-order valence-electron chi connectivity index (χ0n) is 9.27. The number of alkyl halides is 3. The summed E-state index contributed by atoms with van der Waals surface area (Å²) in [7, 11) is 0. The minimum atomic E-state index is -4.68. The summed E-state index contributed by atoms with van der Waals surface area (Å²) in [5, 5.41) is 10.6. The van der Waals surface area contributed by atoms with Gasteiger partial charge in [0, 0.05) is 4.90 Å². The molecule has 0 saturated heterocycles. The van der Waals surface area contributed by atoms with Crippen molar-refractivity contribution in [3.8, 4) is 0 Å². The molecule has 1 aromatic heterocycles. The first-order valence-corrected chi connectivity index (χ1v) is 6.73. The maximum absolute atomic E-state index is 12.8. The fraction of sp³-hybridized carbons (Fsp3) is 0.0833. The number of carboxylic acid groups (broad SMARTS) is 1. The normalized spacial score (nSPS) is 11.5. The number of carboxylic acids is 1. The van der Waals surface area contributed by atoms with Gasteiger partial charge in [-0.3, -0.25) is 0 Å². The number of carbonyl (C=O) groups is 1. The summed E-state index contributed by atoms with van der Waals surface area (Å²) in [6.45, 7) is 0. The Labute approximate surface area is 114 Å². The molecule has 0 amide bonds. The van der Waals surface area contributed by atoms with Crippen LogP contribution in [0, 0.1) is 0 Å². The quantitative estimate of drug-likeness (QED) is 0.899. The molecule has 0 radical (unpaired) electrons. The van der Waals surface area contributed by atoms with Crippen molar-refractivity contribution >= 4 is 29.1 Å². The van der Waals surface area contributed by atoms with Gasteiger partial charge in [0.05, 0.1) is 15.3 Å². The molecule has 0 atom stereocenters. The predicted octanol–water partition coefficient (Wildman–Crippen LogP) is 4.62. The van der Waals surface area contributed by atoms with Crippen molar-refractivity contribution in [2.45, 2.75) is 15.3 Å². The SMILES string of the molecule is O=C(O)c1ccc(Sc2cccs2)cc1C(F)(F)F. The molecule has 7 heteroatoms. The van der Waals surface area contributed by atoms with E-state index in [9.17, 15) is 18.0 Å². The average molecular weight is 304 g/mol. The Hall–Kier alpha value is -1.47. The van der Waals surface area contributed by atoms with Crippen LogP contribution in [0.4, 0.5) is 13.2 Å². The van der Waals surface area contributed by atoms with Gasteiger partial charge in [-0.05, 0) is 29.6 Å². The van der Waals surface area contributed by atoms with Crippen LogP contribution in [-0.4, -0.2) is 11.1 Å². The minimum absolute atomic E-state index is 0.361. The highest BCUT2D eigenvalue weighted by atomic mass is 32.2. The number of thiophene rings is 1. The lowest BCUT2D eigenvalue weighted by Crippen LogP contribution is -2.12. The summed E-state index contributed by atoms with van der Waals surface area (Å²) in [5.74, 6) is -1.58. The number of aromatic carboxylic acids is 1. The van der Waals surface area contributed by atoms with Crippen molar-refractivity contribution in [1.82, 2.24) is 0 Å². The maximum atomic E-state index is 12.8. The molecule has 0 aliphatic carbocycles. The summed E-state index contributed by atoms with van der Waals surface area (Å²) in [6, 6.07) is 6.81. The molecular formula is C12H7F3O2S2. The lowest BCUT2D eigenvalue weighted by molar-refractivity contribution is -0.138. The molecule has 2 aromatic rings. The second-order valence-corrected chi connectivity index (χ2v) is 5.87. The van der Waals surface area contributed by atoms with Gasteiger partial charge in [-0.2, -0.15) is 13.2 Å². The lowest BCUT2D eigenvalue weighted by Gasteiger charge is -2.11. The summed E-state index contributed by atoms with van der Waals surface area (Å²) in [5.41, 5.74) is -1.86. The van der Waals surface area contributed by atoms with Crippen LogP contribution in [0.1, 0.15) is 15.9 Å². The molecule has 2 nitrogen and oxygen atoms in total. The van der Waals surface area contributed by atoms with Crippen LogP contribution in [0.5, 0.6) is 0 Å².